The number of methoxy groups -OCH3 is 1. The fourth-order valence-electron chi connectivity index (χ4n) is 6.37. The summed E-state index contributed by atoms with van der Waals surface area (Å²) in [7, 11) is 4.95. The Kier molecular flexibility index (Phi) is 6.17. The normalized spacial score (nSPS) is 25.4. The van der Waals surface area contributed by atoms with E-state index in [0.29, 0.717) is 17.9 Å². The van der Waals surface area contributed by atoms with Crippen molar-refractivity contribution in [3.63, 3.8) is 0 Å². The number of aliphatic hydroxyl groups excluding tert-OH is 1. The summed E-state index contributed by atoms with van der Waals surface area (Å²) in [5.41, 5.74) is 1.93. The third kappa shape index (κ3) is 3.75. The molecule has 3 heterocycles. The first kappa shape index (κ1) is 23.6. The van der Waals surface area contributed by atoms with Crippen LogP contribution in [0.25, 0.3) is 11.1 Å². The van der Waals surface area contributed by atoms with Gasteiger partial charge in [-0.25, -0.2) is 0 Å². The molecule has 1 aliphatic carbocycles. The third-order valence-corrected chi connectivity index (χ3v) is 8.11. The molecule has 0 radical (unpaired) electrons. The molecule has 3 aliphatic rings. The molecular formula is C27H33N3O5. The van der Waals surface area contributed by atoms with Gasteiger partial charge in [0.25, 0.3) is 5.56 Å². The first-order valence-electron chi connectivity index (χ1n) is 12.4. The van der Waals surface area contributed by atoms with E-state index in [-0.39, 0.29) is 35.8 Å². The van der Waals surface area contributed by atoms with Crippen LogP contribution < -0.4 is 10.3 Å². The summed E-state index contributed by atoms with van der Waals surface area (Å²) in [5.74, 6) is -0.268. The van der Waals surface area contributed by atoms with Crippen molar-refractivity contribution in [2.24, 2.45) is 17.8 Å². The molecule has 0 unspecified atom stereocenters. The van der Waals surface area contributed by atoms with Gasteiger partial charge >= 0.3 is 0 Å². The lowest BCUT2D eigenvalue weighted by atomic mass is 9.88. The summed E-state index contributed by atoms with van der Waals surface area (Å²) in [6.07, 6.45) is 3.66. The fourth-order valence-corrected chi connectivity index (χ4v) is 6.37. The van der Waals surface area contributed by atoms with Crippen molar-refractivity contribution in [2.75, 3.05) is 27.8 Å². The predicted octanol–water partition coefficient (Wildman–Crippen LogP) is 2.29. The number of ether oxygens (including phenoxy) is 1. The van der Waals surface area contributed by atoms with Crippen molar-refractivity contribution >= 4 is 11.8 Å². The number of aromatic nitrogens is 1. The Morgan fingerprint density at radius 2 is 1.89 bits per heavy atom. The Bertz CT molecular complexity index is 1200. The number of carbonyl (C=O) groups is 2. The van der Waals surface area contributed by atoms with Crippen LogP contribution in [-0.2, 0) is 16.1 Å². The number of benzene rings is 1. The molecule has 186 valence electrons. The minimum Gasteiger partial charge on any atom is -0.497 e. The number of hydrogen-bond donors (Lipinski definition) is 1. The van der Waals surface area contributed by atoms with Gasteiger partial charge in [-0.2, -0.15) is 0 Å². The summed E-state index contributed by atoms with van der Waals surface area (Å²) < 4.78 is 7.06. The molecule has 5 rings (SSSR count). The van der Waals surface area contributed by atoms with Gasteiger partial charge in [-0.3, -0.25) is 14.4 Å². The Morgan fingerprint density at radius 1 is 1.14 bits per heavy atom. The maximum Gasteiger partial charge on any atom is 0.258 e. The van der Waals surface area contributed by atoms with Gasteiger partial charge in [-0.15, -0.1) is 0 Å². The minimum atomic E-state index is -0.722. The van der Waals surface area contributed by atoms with Crippen LogP contribution in [0, 0.1) is 17.8 Å². The van der Waals surface area contributed by atoms with E-state index < -0.39 is 18.0 Å². The van der Waals surface area contributed by atoms with E-state index in [1.54, 1.807) is 36.7 Å². The summed E-state index contributed by atoms with van der Waals surface area (Å²) in [5, 5.41) is 10.4. The van der Waals surface area contributed by atoms with Crippen molar-refractivity contribution in [3.8, 4) is 16.9 Å². The lowest BCUT2D eigenvalue weighted by molar-refractivity contribution is -0.148. The van der Waals surface area contributed by atoms with Gasteiger partial charge in [0, 0.05) is 56.3 Å². The highest BCUT2D eigenvalue weighted by Gasteiger charge is 2.58. The molecule has 8 heteroatoms. The molecule has 4 atom stereocenters. The molecule has 2 fully saturated rings. The number of carbonyl (C=O) groups excluding carboxylic acids is 2. The van der Waals surface area contributed by atoms with Gasteiger partial charge < -0.3 is 24.2 Å². The molecule has 2 amide bonds. The largest absolute Gasteiger partial charge is 0.497 e. The number of nitrogens with zero attached hydrogens (tertiary/aromatic N) is 3. The summed E-state index contributed by atoms with van der Waals surface area (Å²) >= 11 is 0. The van der Waals surface area contributed by atoms with Crippen LogP contribution in [0.5, 0.6) is 5.75 Å². The van der Waals surface area contributed by atoms with Gasteiger partial charge in [0.2, 0.25) is 11.8 Å². The number of rotatable bonds is 5. The van der Waals surface area contributed by atoms with E-state index in [1.165, 1.54) is 4.90 Å². The molecule has 0 bridgehead atoms. The van der Waals surface area contributed by atoms with E-state index in [2.05, 4.69) is 0 Å². The van der Waals surface area contributed by atoms with Gasteiger partial charge in [0.15, 0.2) is 0 Å². The monoisotopic (exact) mass is 479 g/mol. The van der Waals surface area contributed by atoms with Crippen LogP contribution in [0.15, 0.2) is 41.2 Å². The Labute approximate surface area is 205 Å². The van der Waals surface area contributed by atoms with Crippen LogP contribution in [0.1, 0.15) is 37.4 Å². The van der Waals surface area contributed by atoms with Gasteiger partial charge in [-0.05, 0) is 42.7 Å². The molecule has 1 aromatic carbocycles. The first-order valence-corrected chi connectivity index (χ1v) is 12.4. The molecule has 0 spiro atoms. The number of pyridine rings is 1. The van der Waals surface area contributed by atoms with Gasteiger partial charge in [0.1, 0.15) is 11.8 Å². The zero-order chi connectivity index (χ0) is 24.9. The topological polar surface area (TPSA) is 92.1 Å². The number of amides is 2. The summed E-state index contributed by atoms with van der Waals surface area (Å²) in [6.45, 7) is 0.152. The Balaban J connectivity index is 1.60. The van der Waals surface area contributed by atoms with Crippen LogP contribution in [-0.4, -0.2) is 65.1 Å². The Morgan fingerprint density at radius 3 is 2.54 bits per heavy atom. The van der Waals surface area contributed by atoms with Crippen molar-refractivity contribution < 1.29 is 19.4 Å². The van der Waals surface area contributed by atoms with Crippen LogP contribution in [0.2, 0.25) is 0 Å². The SMILES string of the molecule is COc1cccc(-c2ccc3n(c2=O)C[C@@H]2[C@@H](CO)[C@H](C(=O)N(C)C)N(C(=O)C4CCCC4)[C@H]32)c1. The fraction of sp³-hybridized carbons (Fsp3) is 0.519. The quantitative estimate of drug-likeness (QED) is 0.711. The average Bonchev–Trinajstić information content (AvgIpc) is 3.59. The smallest absolute Gasteiger partial charge is 0.258 e. The second-order valence-corrected chi connectivity index (χ2v) is 10.2. The maximum atomic E-state index is 13.8. The highest BCUT2D eigenvalue weighted by molar-refractivity contribution is 5.90. The number of fused-ring (bicyclic) bond motifs is 3. The van der Waals surface area contributed by atoms with Crippen molar-refractivity contribution in [2.45, 2.75) is 44.3 Å². The van der Waals surface area contributed by atoms with E-state index in [9.17, 15) is 19.5 Å². The van der Waals surface area contributed by atoms with Crippen molar-refractivity contribution in [1.29, 1.82) is 0 Å². The number of aliphatic hydroxyl groups is 1. The van der Waals surface area contributed by atoms with Crippen molar-refractivity contribution in [3.05, 3.63) is 52.4 Å². The standard InChI is InChI=1S/C27H33N3O5/c1-28(2)27(34)24-21(15-31)20-14-29-22(23(20)30(24)25(32)16-7-4-5-8-16)12-11-19(26(29)33)17-9-6-10-18(13-17)35-3/h6,9-13,16,20-21,23-24,31H,4-5,7-8,14-15H2,1-3H3/t20-,21-,23+,24-/m1/s1. The van der Waals surface area contributed by atoms with Gasteiger partial charge in [-0.1, -0.05) is 25.0 Å². The average molecular weight is 480 g/mol. The molecule has 1 N–H and O–H groups in total. The molecule has 1 aromatic heterocycles. The van der Waals surface area contributed by atoms with E-state index in [0.717, 1.165) is 36.9 Å². The lowest BCUT2D eigenvalue weighted by Crippen LogP contribution is -2.51. The van der Waals surface area contributed by atoms with E-state index in [4.69, 9.17) is 4.74 Å². The van der Waals surface area contributed by atoms with Crippen LogP contribution in [0.3, 0.4) is 0 Å². The first-order chi connectivity index (χ1) is 16.9. The minimum absolute atomic E-state index is 0.0218. The molecule has 2 aliphatic heterocycles. The zero-order valence-corrected chi connectivity index (χ0v) is 20.5. The molecular weight excluding hydrogens is 446 g/mol. The summed E-state index contributed by atoms with van der Waals surface area (Å²) in [6, 6.07) is 9.98. The highest BCUT2D eigenvalue weighted by atomic mass is 16.5. The molecule has 2 aromatic rings. The zero-order valence-electron chi connectivity index (χ0n) is 20.5. The highest BCUT2D eigenvalue weighted by Crippen LogP contribution is 2.50. The van der Waals surface area contributed by atoms with Crippen molar-refractivity contribution in [1.82, 2.24) is 14.4 Å². The maximum absolute atomic E-state index is 13.8. The Hall–Kier alpha value is -3.13. The lowest BCUT2D eigenvalue weighted by Gasteiger charge is -2.34. The molecule has 8 nitrogen and oxygen atoms in total. The van der Waals surface area contributed by atoms with Crippen LogP contribution in [0.4, 0.5) is 0 Å². The van der Waals surface area contributed by atoms with E-state index in [1.807, 2.05) is 30.3 Å². The molecule has 1 saturated carbocycles. The van der Waals surface area contributed by atoms with E-state index >= 15 is 0 Å². The number of hydrogen-bond acceptors (Lipinski definition) is 5. The third-order valence-electron chi connectivity index (χ3n) is 8.11. The molecule has 1 saturated heterocycles. The second-order valence-electron chi connectivity index (χ2n) is 10.2. The summed E-state index contributed by atoms with van der Waals surface area (Å²) in [4.78, 5) is 44.0. The van der Waals surface area contributed by atoms with Gasteiger partial charge in [0.05, 0.1) is 13.2 Å². The second kappa shape index (κ2) is 9.15. The molecule has 35 heavy (non-hydrogen) atoms. The number of likely N-dealkylation sites (N-methyl/N-ethyl adjacent to an activating group) is 1. The predicted molar refractivity (Wildman–Crippen MR) is 131 cm³/mol. The van der Waals surface area contributed by atoms with Crippen LogP contribution >= 0.6 is 0 Å². The number of likely N-dealkylation sites (tertiary alicyclic amines) is 1.